The van der Waals surface area contributed by atoms with Crippen LogP contribution in [0.3, 0.4) is 0 Å². The van der Waals surface area contributed by atoms with E-state index in [1.54, 1.807) is 6.92 Å². The molecule has 0 spiro atoms. The Morgan fingerprint density at radius 3 is 2.48 bits per heavy atom. The molecule has 1 aromatic heterocycles. The van der Waals surface area contributed by atoms with Crippen molar-refractivity contribution < 1.29 is 19.1 Å². The molecular weight excluding hydrogens is 294 g/mol. The number of hydrogen-bond donors (Lipinski definition) is 2. The Hall–Kier alpha value is -2.56. The highest BCUT2D eigenvalue weighted by atomic mass is 16.4. The molecule has 1 saturated carbocycles. The molecule has 120 valence electrons. The van der Waals surface area contributed by atoms with Gasteiger partial charge in [-0.05, 0) is 24.8 Å². The molecule has 23 heavy (non-hydrogen) atoms. The van der Waals surface area contributed by atoms with Crippen molar-refractivity contribution >= 4 is 11.9 Å². The predicted molar refractivity (Wildman–Crippen MR) is 84.6 cm³/mol. The highest BCUT2D eigenvalue weighted by Crippen LogP contribution is 2.39. The second-order valence-electron chi connectivity index (χ2n) is 6.00. The van der Waals surface area contributed by atoms with E-state index < -0.39 is 5.97 Å². The van der Waals surface area contributed by atoms with E-state index in [1.165, 1.54) is 11.6 Å². The zero-order valence-corrected chi connectivity index (χ0v) is 13.0. The van der Waals surface area contributed by atoms with Crippen molar-refractivity contribution in [1.82, 2.24) is 5.32 Å². The fourth-order valence-electron chi connectivity index (χ4n) is 2.77. The second kappa shape index (κ2) is 5.91. The van der Waals surface area contributed by atoms with Crippen molar-refractivity contribution in [2.75, 3.05) is 0 Å². The van der Waals surface area contributed by atoms with Crippen molar-refractivity contribution in [3.63, 3.8) is 0 Å². The Balaban J connectivity index is 1.73. The quantitative estimate of drug-likeness (QED) is 0.859. The van der Waals surface area contributed by atoms with Gasteiger partial charge in [0.1, 0.15) is 11.3 Å². The molecule has 1 amide bonds. The SMILES string of the molecule is CCc1oc(C(=O)NC2(Cc3ccccc3)CC2)cc1C(=O)O. The van der Waals surface area contributed by atoms with Crippen LogP contribution in [0.15, 0.2) is 40.8 Å². The summed E-state index contributed by atoms with van der Waals surface area (Å²) in [6.45, 7) is 1.80. The van der Waals surface area contributed by atoms with Gasteiger partial charge in [0.2, 0.25) is 0 Å². The molecule has 1 aliphatic rings. The third-order valence-electron chi connectivity index (χ3n) is 4.20. The number of hydrogen-bond acceptors (Lipinski definition) is 3. The molecule has 1 aliphatic carbocycles. The third-order valence-corrected chi connectivity index (χ3v) is 4.20. The number of carbonyl (C=O) groups excluding carboxylic acids is 1. The van der Waals surface area contributed by atoms with Crippen LogP contribution >= 0.6 is 0 Å². The first-order chi connectivity index (χ1) is 11.0. The van der Waals surface area contributed by atoms with E-state index in [-0.39, 0.29) is 22.8 Å². The molecule has 0 bridgehead atoms. The van der Waals surface area contributed by atoms with Gasteiger partial charge in [0, 0.05) is 18.0 Å². The van der Waals surface area contributed by atoms with Crippen molar-refractivity contribution in [2.24, 2.45) is 0 Å². The normalized spacial score (nSPS) is 15.2. The average molecular weight is 313 g/mol. The summed E-state index contributed by atoms with van der Waals surface area (Å²) < 4.78 is 5.42. The minimum absolute atomic E-state index is 0.0607. The Bertz CT molecular complexity index is 729. The lowest BCUT2D eigenvalue weighted by Crippen LogP contribution is -2.38. The average Bonchev–Trinajstić information content (AvgIpc) is 3.13. The Kier molecular flexibility index (Phi) is 3.94. The number of carboxylic acid groups (broad SMARTS) is 1. The van der Waals surface area contributed by atoms with Crippen LogP contribution in [0.5, 0.6) is 0 Å². The van der Waals surface area contributed by atoms with E-state index in [9.17, 15) is 9.59 Å². The van der Waals surface area contributed by atoms with Crippen LogP contribution in [-0.2, 0) is 12.8 Å². The number of aryl methyl sites for hydroxylation is 1. The fraction of sp³-hybridized carbons (Fsp3) is 0.333. The summed E-state index contributed by atoms with van der Waals surface area (Å²) in [6.07, 6.45) is 3.04. The topological polar surface area (TPSA) is 79.5 Å². The maximum atomic E-state index is 12.4. The van der Waals surface area contributed by atoms with Crippen LogP contribution in [0.4, 0.5) is 0 Å². The lowest BCUT2D eigenvalue weighted by molar-refractivity contribution is 0.0694. The smallest absolute Gasteiger partial charge is 0.339 e. The molecule has 5 nitrogen and oxygen atoms in total. The zero-order chi connectivity index (χ0) is 16.4. The zero-order valence-electron chi connectivity index (χ0n) is 13.0. The summed E-state index contributed by atoms with van der Waals surface area (Å²) in [7, 11) is 0. The Morgan fingerprint density at radius 2 is 1.96 bits per heavy atom. The maximum Gasteiger partial charge on any atom is 0.339 e. The van der Waals surface area contributed by atoms with Gasteiger partial charge in [-0.1, -0.05) is 37.3 Å². The molecule has 5 heteroatoms. The van der Waals surface area contributed by atoms with E-state index in [2.05, 4.69) is 5.32 Å². The van der Waals surface area contributed by atoms with Crippen molar-refractivity contribution in [3.05, 3.63) is 59.0 Å². The van der Waals surface area contributed by atoms with E-state index >= 15 is 0 Å². The van der Waals surface area contributed by atoms with Crippen molar-refractivity contribution in [3.8, 4) is 0 Å². The Morgan fingerprint density at radius 1 is 1.26 bits per heavy atom. The van der Waals surface area contributed by atoms with Crippen LogP contribution in [0.25, 0.3) is 0 Å². The second-order valence-corrected chi connectivity index (χ2v) is 6.00. The highest BCUT2D eigenvalue weighted by Gasteiger charge is 2.44. The molecule has 3 rings (SSSR count). The molecule has 0 unspecified atom stereocenters. The Labute approximate surface area is 134 Å². The summed E-state index contributed by atoms with van der Waals surface area (Å²) >= 11 is 0. The van der Waals surface area contributed by atoms with Crippen molar-refractivity contribution in [1.29, 1.82) is 0 Å². The summed E-state index contributed by atoms with van der Waals surface area (Å²) in [5.41, 5.74) is 0.997. The number of benzene rings is 1. The van der Waals surface area contributed by atoms with Gasteiger partial charge in [-0.3, -0.25) is 4.79 Å². The highest BCUT2D eigenvalue weighted by molar-refractivity contribution is 5.96. The molecule has 0 radical (unpaired) electrons. The molecular formula is C18H19NO4. The van der Waals surface area contributed by atoms with E-state index in [1.807, 2.05) is 30.3 Å². The molecule has 2 N–H and O–H groups in total. The summed E-state index contributed by atoms with van der Waals surface area (Å²) in [6, 6.07) is 11.3. The van der Waals surface area contributed by atoms with Gasteiger partial charge >= 0.3 is 5.97 Å². The lowest BCUT2D eigenvalue weighted by atomic mass is 10.0. The van der Waals surface area contributed by atoms with Gasteiger partial charge in [-0.2, -0.15) is 0 Å². The van der Waals surface area contributed by atoms with Gasteiger partial charge in [-0.25, -0.2) is 4.79 Å². The number of aromatic carboxylic acids is 1. The van der Waals surface area contributed by atoms with Gasteiger partial charge in [0.25, 0.3) is 5.91 Å². The van der Waals surface area contributed by atoms with Crippen LogP contribution in [0.2, 0.25) is 0 Å². The predicted octanol–water partition coefficient (Wildman–Crippen LogP) is 3.05. The van der Waals surface area contributed by atoms with Gasteiger partial charge in [0.05, 0.1) is 0 Å². The molecule has 1 aromatic carbocycles. The molecule has 0 atom stereocenters. The van der Waals surface area contributed by atoms with Crippen LogP contribution in [0, 0.1) is 0 Å². The summed E-state index contributed by atoms with van der Waals surface area (Å²) in [5.74, 6) is -1.02. The molecule has 0 aliphatic heterocycles. The minimum Gasteiger partial charge on any atom is -0.478 e. The first kappa shape index (κ1) is 15.3. The molecule has 1 fully saturated rings. The number of amides is 1. The number of carbonyl (C=O) groups is 2. The molecule has 2 aromatic rings. The summed E-state index contributed by atoms with van der Waals surface area (Å²) in [5, 5.41) is 12.2. The maximum absolute atomic E-state index is 12.4. The van der Waals surface area contributed by atoms with Gasteiger partial charge in [0.15, 0.2) is 5.76 Å². The van der Waals surface area contributed by atoms with E-state index in [0.29, 0.717) is 12.2 Å². The van der Waals surface area contributed by atoms with E-state index in [4.69, 9.17) is 9.52 Å². The minimum atomic E-state index is -1.07. The lowest BCUT2D eigenvalue weighted by Gasteiger charge is -2.16. The van der Waals surface area contributed by atoms with Crippen LogP contribution < -0.4 is 5.32 Å². The van der Waals surface area contributed by atoms with E-state index in [0.717, 1.165) is 19.3 Å². The molecule has 0 saturated heterocycles. The molecule has 1 heterocycles. The monoisotopic (exact) mass is 313 g/mol. The van der Waals surface area contributed by atoms with Gasteiger partial charge in [-0.15, -0.1) is 0 Å². The first-order valence-electron chi connectivity index (χ1n) is 7.75. The first-order valence-corrected chi connectivity index (χ1v) is 7.75. The summed E-state index contributed by atoms with van der Waals surface area (Å²) in [4.78, 5) is 23.6. The number of furan rings is 1. The van der Waals surface area contributed by atoms with Crippen LogP contribution in [0.1, 0.15) is 52.0 Å². The number of carboxylic acids is 1. The van der Waals surface area contributed by atoms with Crippen molar-refractivity contribution in [2.45, 2.75) is 38.1 Å². The number of rotatable bonds is 6. The van der Waals surface area contributed by atoms with Crippen LogP contribution in [-0.4, -0.2) is 22.5 Å². The van der Waals surface area contributed by atoms with Gasteiger partial charge < -0.3 is 14.8 Å². The number of nitrogens with one attached hydrogen (secondary N) is 1. The third kappa shape index (κ3) is 3.28. The standard InChI is InChI=1S/C18H19NO4/c1-2-14-13(17(21)22)10-15(23-14)16(20)19-18(8-9-18)11-12-6-4-3-5-7-12/h3-7,10H,2,8-9,11H2,1H3,(H,19,20)(H,21,22). The largest absolute Gasteiger partial charge is 0.478 e. The fourth-order valence-corrected chi connectivity index (χ4v) is 2.77.